The molecule has 0 saturated carbocycles. The summed E-state index contributed by atoms with van der Waals surface area (Å²) < 4.78 is 13.3. The Labute approximate surface area is 118 Å². The van der Waals surface area contributed by atoms with E-state index in [0.29, 0.717) is 21.7 Å². The summed E-state index contributed by atoms with van der Waals surface area (Å²) in [5.74, 6) is -0.0996. The third-order valence-electron chi connectivity index (χ3n) is 2.54. The predicted octanol–water partition coefficient (Wildman–Crippen LogP) is 3.03. The lowest BCUT2D eigenvalue weighted by Crippen LogP contribution is -2.22. The van der Waals surface area contributed by atoms with E-state index in [1.807, 2.05) is 20.8 Å². The predicted molar refractivity (Wildman–Crippen MR) is 74.4 cm³/mol. The van der Waals surface area contributed by atoms with E-state index < -0.39 is 5.82 Å². The average molecular weight is 326 g/mol. The van der Waals surface area contributed by atoms with Gasteiger partial charge in [0, 0.05) is 5.41 Å². The molecule has 4 nitrogen and oxygen atoms in total. The Hall–Kier alpha value is -1.56. The van der Waals surface area contributed by atoms with Gasteiger partial charge < -0.3 is 4.98 Å². The minimum Gasteiger partial charge on any atom is -0.304 e. The molecule has 2 heterocycles. The van der Waals surface area contributed by atoms with Crippen molar-refractivity contribution in [2.45, 2.75) is 26.2 Å². The van der Waals surface area contributed by atoms with Crippen LogP contribution in [0.15, 0.2) is 27.6 Å². The second-order valence-electron chi connectivity index (χ2n) is 5.19. The fraction of sp³-hybridized carbons (Fsp3) is 0.308. The molecule has 2 aromatic heterocycles. The molecule has 0 fully saturated rings. The van der Waals surface area contributed by atoms with Gasteiger partial charge in [-0.1, -0.05) is 20.8 Å². The normalized spacial score (nSPS) is 11.6. The summed E-state index contributed by atoms with van der Waals surface area (Å²) in [5, 5.41) is 0. The number of aromatic amines is 1. The number of halogens is 2. The molecule has 0 aliphatic carbocycles. The van der Waals surface area contributed by atoms with E-state index in [0.717, 1.165) is 6.20 Å². The van der Waals surface area contributed by atoms with Crippen LogP contribution in [-0.4, -0.2) is 15.0 Å². The van der Waals surface area contributed by atoms with E-state index in [9.17, 15) is 9.18 Å². The first-order chi connectivity index (χ1) is 8.79. The fourth-order valence-corrected chi connectivity index (χ4v) is 2.38. The summed E-state index contributed by atoms with van der Waals surface area (Å²) in [6, 6.07) is 2.76. The lowest BCUT2D eigenvalue weighted by molar-refractivity contribution is 0.562. The van der Waals surface area contributed by atoms with Gasteiger partial charge in [-0.15, -0.1) is 0 Å². The van der Waals surface area contributed by atoms with Gasteiger partial charge in [-0.2, -0.15) is 0 Å². The largest absolute Gasteiger partial charge is 0.304 e. The molecule has 0 amide bonds. The second-order valence-corrected chi connectivity index (χ2v) is 5.98. The van der Waals surface area contributed by atoms with Gasteiger partial charge >= 0.3 is 0 Å². The van der Waals surface area contributed by atoms with E-state index in [1.165, 1.54) is 12.1 Å². The van der Waals surface area contributed by atoms with Crippen LogP contribution in [0.25, 0.3) is 11.5 Å². The van der Waals surface area contributed by atoms with Crippen LogP contribution < -0.4 is 5.56 Å². The number of hydrogen-bond donors (Lipinski definition) is 1. The molecule has 0 radical (unpaired) electrons. The van der Waals surface area contributed by atoms with Gasteiger partial charge in [-0.05, 0) is 28.1 Å². The summed E-state index contributed by atoms with van der Waals surface area (Å²) in [4.78, 5) is 22.9. The smallest absolute Gasteiger partial charge is 0.265 e. The number of aromatic nitrogens is 3. The molecule has 2 rings (SSSR count). The first kappa shape index (κ1) is 13.9. The van der Waals surface area contributed by atoms with Crippen LogP contribution in [0.2, 0.25) is 0 Å². The minimum atomic E-state index is -0.431. The van der Waals surface area contributed by atoms with Crippen LogP contribution in [0.1, 0.15) is 26.5 Å². The van der Waals surface area contributed by atoms with Crippen LogP contribution in [0.3, 0.4) is 0 Å². The Morgan fingerprint density at radius 3 is 2.53 bits per heavy atom. The van der Waals surface area contributed by atoms with Crippen LogP contribution in [0.4, 0.5) is 4.39 Å². The average Bonchev–Trinajstić information content (AvgIpc) is 2.32. The van der Waals surface area contributed by atoms with E-state index >= 15 is 0 Å². The van der Waals surface area contributed by atoms with Gasteiger partial charge in [-0.3, -0.25) is 4.79 Å². The summed E-state index contributed by atoms with van der Waals surface area (Å²) in [5.41, 5.74) is 0.497. The first-order valence-corrected chi connectivity index (χ1v) is 6.50. The van der Waals surface area contributed by atoms with Crippen molar-refractivity contribution < 1.29 is 4.39 Å². The van der Waals surface area contributed by atoms with Crippen LogP contribution in [-0.2, 0) is 5.41 Å². The van der Waals surface area contributed by atoms with Gasteiger partial charge in [-0.25, -0.2) is 14.4 Å². The number of nitrogens with one attached hydrogen (secondary N) is 1. The van der Waals surface area contributed by atoms with Gasteiger partial charge in [0.05, 0.1) is 11.9 Å². The molecule has 0 bridgehead atoms. The molecule has 6 heteroatoms. The van der Waals surface area contributed by atoms with Crippen LogP contribution >= 0.6 is 15.9 Å². The number of rotatable bonds is 1. The van der Waals surface area contributed by atoms with E-state index in [1.54, 1.807) is 0 Å². The molecule has 19 heavy (non-hydrogen) atoms. The minimum absolute atomic E-state index is 0.277. The maximum Gasteiger partial charge on any atom is 0.265 e. The van der Waals surface area contributed by atoms with Crippen LogP contribution in [0, 0.1) is 5.82 Å². The topological polar surface area (TPSA) is 58.6 Å². The summed E-state index contributed by atoms with van der Waals surface area (Å²) >= 11 is 3.25. The number of H-pyrrole nitrogens is 1. The summed E-state index contributed by atoms with van der Waals surface area (Å²) in [6.45, 7) is 5.88. The van der Waals surface area contributed by atoms with Crippen molar-refractivity contribution in [2.75, 3.05) is 0 Å². The molecule has 0 saturated heterocycles. The highest BCUT2D eigenvalue weighted by atomic mass is 79.9. The van der Waals surface area contributed by atoms with Gasteiger partial charge in [0.1, 0.15) is 16.0 Å². The zero-order chi connectivity index (χ0) is 14.2. The molecule has 1 N–H and O–H groups in total. The van der Waals surface area contributed by atoms with Gasteiger partial charge in [0.25, 0.3) is 5.56 Å². The van der Waals surface area contributed by atoms with Crippen molar-refractivity contribution in [3.63, 3.8) is 0 Å². The molecule has 0 spiro atoms. The highest BCUT2D eigenvalue weighted by Gasteiger charge is 2.22. The van der Waals surface area contributed by atoms with E-state index in [2.05, 4.69) is 30.9 Å². The first-order valence-electron chi connectivity index (χ1n) is 5.71. The van der Waals surface area contributed by atoms with Crippen molar-refractivity contribution in [2.24, 2.45) is 0 Å². The Bertz CT molecular complexity index is 659. The standard InChI is InChI=1S/C13H13BrFN3O/c1-13(2,3)10-9(14)12(19)18-11(17-10)8-5-4-7(15)6-16-8/h4-6H,1-3H3,(H,17,18,19). The van der Waals surface area contributed by atoms with Gasteiger partial charge in [0.2, 0.25) is 0 Å². The Balaban J connectivity index is 2.63. The number of nitrogens with zero attached hydrogens (tertiary/aromatic N) is 2. The van der Waals surface area contributed by atoms with Crippen molar-refractivity contribution in [1.82, 2.24) is 15.0 Å². The summed E-state index contributed by atoms with van der Waals surface area (Å²) in [6.07, 6.45) is 1.09. The second kappa shape index (κ2) is 4.85. The van der Waals surface area contributed by atoms with Crippen molar-refractivity contribution >= 4 is 15.9 Å². The Kier molecular flexibility index (Phi) is 3.54. The van der Waals surface area contributed by atoms with Crippen molar-refractivity contribution in [3.8, 4) is 11.5 Å². The summed E-state index contributed by atoms with van der Waals surface area (Å²) in [7, 11) is 0. The van der Waals surface area contributed by atoms with Gasteiger partial charge in [0.15, 0.2) is 5.82 Å². The lowest BCUT2D eigenvalue weighted by atomic mass is 9.92. The SMILES string of the molecule is CC(C)(C)c1nc(-c2ccc(F)cn2)[nH]c(=O)c1Br. The molecular formula is C13H13BrFN3O. The van der Waals surface area contributed by atoms with Crippen molar-refractivity contribution in [3.05, 3.63) is 44.7 Å². The van der Waals surface area contributed by atoms with E-state index in [4.69, 9.17) is 0 Å². The molecule has 0 aliphatic rings. The highest BCUT2D eigenvalue weighted by Crippen LogP contribution is 2.26. The number of hydrogen-bond acceptors (Lipinski definition) is 3. The Morgan fingerprint density at radius 2 is 2.00 bits per heavy atom. The fourth-order valence-electron chi connectivity index (χ4n) is 1.59. The molecule has 2 aromatic rings. The molecule has 100 valence electrons. The molecule has 0 atom stereocenters. The molecule has 0 unspecified atom stereocenters. The maximum absolute atomic E-state index is 12.9. The zero-order valence-corrected chi connectivity index (χ0v) is 12.4. The monoisotopic (exact) mass is 325 g/mol. The zero-order valence-electron chi connectivity index (χ0n) is 10.8. The Morgan fingerprint density at radius 1 is 1.32 bits per heavy atom. The van der Waals surface area contributed by atoms with Crippen LogP contribution in [0.5, 0.6) is 0 Å². The molecule has 0 aromatic carbocycles. The third-order valence-corrected chi connectivity index (χ3v) is 3.28. The highest BCUT2D eigenvalue weighted by molar-refractivity contribution is 9.10. The number of pyridine rings is 1. The van der Waals surface area contributed by atoms with Crippen molar-refractivity contribution in [1.29, 1.82) is 0 Å². The van der Waals surface area contributed by atoms with E-state index in [-0.39, 0.29) is 11.0 Å². The molecule has 0 aliphatic heterocycles. The quantitative estimate of drug-likeness (QED) is 0.876. The molecular weight excluding hydrogens is 313 g/mol. The third kappa shape index (κ3) is 2.89. The lowest BCUT2D eigenvalue weighted by Gasteiger charge is -2.19. The maximum atomic E-state index is 12.9.